The monoisotopic (exact) mass is 326 g/mol. The predicted octanol–water partition coefficient (Wildman–Crippen LogP) is 1.04. The van der Waals surface area contributed by atoms with Crippen molar-refractivity contribution in [2.75, 3.05) is 11.4 Å². The van der Waals surface area contributed by atoms with Crippen LogP contribution in [0.4, 0.5) is 5.82 Å². The first-order chi connectivity index (χ1) is 9.01. The van der Waals surface area contributed by atoms with Gasteiger partial charge in [0, 0.05) is 12.5 Å². The van der Waals surface area contributed by atoms with E-state index in [1.165, 1.54) is 0 Å². The van der Waals surface area contributed by atoms with Crippen molar-refractivity contribution >= 4 is 33.6 Å². The number of anilines is 1. The Kier molecular flexibility index (Phi) is 4.14. The Bertz CT molecular complexity index is 520. The molecule has 1 fully saturated rings. The maximum atomic E-state index is 11.7. The molecule has 0 aliphatic carbocycles. The molecule has 6 nitrogen and oxygen atoms in total. The van der Waals surface area contributed by atoms with Gasteiger partial charge in [0.15, 0.2) is 0 Å². The van der Waals surface area contributed by atoms with Crippen LogP contribution in [0.1, 0.15) is 26.1 Å². The maximum absolute atomic E-state index is 11.7. The van der Waals surface area contributed by atoms with Crippen LogP contribution in [0.25, 0.3) is 0 Å². The Balaban J connectivity index is 2.34. The number of halogens is 1. The first-order valence-corrected chi connectivity index (χ1v) is 6.94. The second kappa shape index (κ2) is 5.64. The van der Waals surface area contributed by atoms with Gasteiger partial charge in [-0.15, -0.1) is 0 Å². The van der Waals surface area contributed by atoms with Gasteiger partial charge in [-0.3, -0.25) is 14.9 Å². The summed E-state index contributed by atoms with van der Waals surface area (Å²) in [5.41, 5.74) is 0. The third-order valence-electron chi connectivity index (χ3n) is 2.92. The maximum Gasteiger partial charge on any atom is 0.249 e. The van der Waals surface area contributed by atoms with Crippen molar-refractivity contribution in [1.29, 1.82) is 0 Å². The number of hydrogen-bond donors (Lipinski definition) is 1. The molecule has 1 atom stereocenters. The molecule has 1 unspecified atom stereocenters. The van der Waals surface area contributed by atoms with Gasteiger partial charge in [0.25, 0.3) is 0 Å². The highest BCUT2D eigenvalue weighted by atomic mass is 79.9. The summed E-state index contributed by atoms with van der Waals surface area (Å²) in [4.78, 5) is 33.5. The fourth-order valence-corrected chi connectivity index (χ4v) is 2.34. The highest BCUT2D eigenvalue weighted by Gasteiger charge is 2.31. The van der Waals surface area contributed by atoms with Crippen LogP contribution < -0.4 is 10.2 Å². The SMILES string of the molecule is CCCc1nc(Br)cc(N2CC(=O)NC(=O)C2C)n1. The summed E-state index contributed by atoms with van der Waals surface area (Å²) in [6.07, 6.45) is 1.69. The normalized spacial score (nSPS) is 19.5. The molecule has 2 rings (SSSR count). The zero-order chi connectivity index (χ0) is 14.0. The highest BCUT2D eigenvalue weighted by molar-refractivity contribution is 9.10. The van der Waals surface area contributed by atoms with E-state index in [9.17, 15) is 9.59 Å². The Hall–Kier alpha value is -1.50. The Morgan fingerprint density at radius 1 is 1.47 bits per heavy atom. The molecule has 1 aromatic heterocycles. The van der Waals surface area contributed by atoms with Crippen LogP contribution in [0, 0.1) is 0 Å². The average Bonchev–Trinajstić information content (AvgIpc) is 2.33. The van der Waals surface area contributed by atoms with E-state index in [1.54, 1.807) is 17.9 Å². The van der Waals surface area contributed by atoms with Gasteiger partial charge in [-0.1, -0.05) is 6.92 Å². The molecule has 7 heteroatoms. The molecule has 0 saturated carbocycles. The lowest BCUT2D eigenvalue weighted by Gasteiger charge is -2.32. The number of nitrogens with zero attached hydrogens (tertiary/aromatic N) is 3. The summed E-state index contributed by atoms with van der Waals surface area (Å²) in [7, 11) is 0. The van der Waals surface area contributed by atoms with Crippen LogP contribution in [-0.2, 0) is 16.0 Å². The van der Waals surface area contributed by atoms with E-state index in [0.717, 1.165) is 12.8 Å². The van der Waals surface area contributed by atoms with Crippen LogP contribution in [0.2, 0.25) is 0 Å². The van der Waals surface area contributed by atoms with Gasteiger partial charge < -0.3 is 4.90 Å². The lowest BCUT2D eigenvalue weighted by Crippen LogP contribution is -2.57. The smallest absolute Gasteiger partial charge is 0.249 e. The predicted molar refractivity (Wildman–Crippen MR) is 73.7 cm³/mol. The number of imide groups is 1. The topological polar surface area (TPSA) is 75.2 Å². The lowest BCUT2D eigenvalue weighted by molar-refractivity contribution is -0.132. The van der Waals surface area contributed by atoms with E-state index in [4.69, 9.17) is 0 Å². The molecule has 1 aliphatic heterocycles. The van der Waals surface area contributed by atoms with Crippen LogP contribution in [0.5, 0.6) is 0 Å². The molecular weight excluding hydrogens is 312 g/mol. The molecule has 1 N–H and O–H groups in total. The number of piperazine rings is 1. The van der Waals surface area contributed by atoms with E-state index in [0.29, 0.717) is 16.2 Å². The van der Waals surface area contributed by atoms with Crippen molar-refractivity contribution in [2.45, 2.75) is 32.7 Å². The molecule has 102 valence electrons. The first-order valence-electron chi connectivity index (χ1n) is 6.15. The van der Waals surface area contributed by atoms with E-state index in [2.05, 4.69) is 31.2 Å². The highest BCUT2D eigenvalue weighted by Crippen LogP contribution is 2.20. The molecule has 0 bridgehead atoms. The molecular formula is C12H15BrN4O2. The number of rotatable bonds is 3. The summed E-state index contributed by atoms with van der Waals surface area (Å²) in [6, 6.07) is 1.30. The zero-order valence-electron chi connectivity index (χ0n) is 10.8. The summed E-state index contributed by atoms with van der Waals surface area (Å²) in [5, 5.41) is 2.31. The number of aromatic nitrogens is 2. The van der Waals surface area contributed by atoms with Crippen molar-refractivity contribution in [1.82, 2.24) is 15.3 Å². The average molecular weight is 327 g/mol. The molecule has 1 aliphatic rings. The molecule has 0 aromatic carbocycles. The largest absolute Gasteiger partial charge is 0.335 e. The lowest BCUT2D eigenvalue weighted by atomic mass is 10.2. The molecule has 0 spiro atoms. The molecule has 2 heterocycles. The van der Waals surface area contributed by atoms with Gasteiger partial charge in [-0.05, 0) is 29.3 Å². The summed E-state index contributed by atoms with van der Waals surface area (Å²) >= 11 is 3.34. The van der Waals surface area contributed by atoms with Crippen molar-refractivity contribution in [3.63, 3.8) is 0 Å². The Labute approximate surface area is 119 Å². The number of carbonyl (C=O) groups excluding carboxylic acids is 2. The van der Waals surface area contributed by atoms with E-state index >= 15 is 0 Å². The quantitative estimate of drug-likeness (QED) is 0.663. The Morgan fingerprint density at radius 2 is 2.21 bits per heavy atom. The second-order valence-corrected chi connectivity index (χ2v) is 5.24. The van der Waals surface area contributed by atoms with Crippen molar-refractivity contribution in [3.8, 4) is 0 Å². The molecule has 1 saturated heterocycles. The fourth-order valence-electron chi connectivity index (χ4n) is 1.93. The van der Waals surface area contributed by atoms with E-state index in [-0.39, 0.29) is 18.4 Å². The number of hydrogen-bond acceptors (Lipinski definition) is 5. The standard InChI is InChI=1S/C12H15BrN4O2/c1-3-4-9-14-8(13)5-10(15-9)17-6-11(18)16-12(19)7(17)2/h5,7H,3-4,6H2,1-2H3,(H,16,18,19). The van der Waals surface area contributed by atoms with Crippen LogP contribution in [0.3, 0.4) is 0 Å². The summed E-state index contributed by atoms with van der Waals surface area (Å²) < 4.78 is 0.659. The molecule has 0 radical (unpaired) electrons. The van der Waals surface area contributed by atoms with Gasteiger partial charge in [-0.2, -0.15) is 0 Å². The van der Waals surface area contributed by atoms with Crippen LogP contribution in [-0.4, -0.2) is 34.4 Å². The van der Waals surface area contributed by atoms with E-state index < -0.39 is 6.04 Å². The zero-order valence-corrected chi connectivity index (χ0v) is 12.4. The van der Waals surface area contributed by atoms with Crippen molar-refractivity contribution in [3.05, 3.63) is 16.5 Å². The minimum absolute atomic E-state index is 0.127. The van der Waals surface area contributed by atoms with Gasteiger partial charge in [0.1, 0.15) is 22.3 Å². The third-order valence-corrected chi connectivity index (χ3v) is 3.33. The number of aryl methyl sites for hydroxylation is 1. The second-order valence-electron chi connectivity index (χ2n) is 4.43. The fraction of sp³-hybridized carbons (Fsp3) is 0.500. The van der Waals surface area contributed by atoms with E-state index in [1.807, 2.05) is 6.92 Å². The van der Waals surface area contributed by atoms with Gasteiger partial charge in [0.2, 0.25) is 11.8 Å². The first kappa shape index (κ1) is 13.9. The Morgan fingerprint density at radius 3 is 2.89 bits per heavy atom. The van der Waals surface area contributed by atoms with Gasteiger partial charge in [0.05, 0.1) is 6.54 Å². The molecule has 2 amide bonds. The van der Waals surface area contributed by atoms with Crippen molar-refractivity contribution < 1.29 is 9.59 Å². The molecule has 19 heavy (non-hydrogen) atoms. The number of nitrogens with one attached hydrogen (secondary N) is 1. The van der Waals surface area contributed by atoms with Gasteiger partial charge in [-0.25, -0.2) is 9.97 Å². The molecule has 1 aromatic rings. The summed E-state index contributed by atoms with van der Waals surface area (Å²) in [6.45, 7) is 3.92. The third kappa shape index (κ3) is 3.09. The van der Waals surface area contributed by atoms with Gasteiger partial charge >= 0.3 is 0 Å². The minimum atomic E-state index is -0.422. The number of amides is 2. The minimum Gasteiger partial charge on any atom is -0.335 e. The van der Waals surface area contributed by atoms with Crippen molar-refractivity contribution in [2.24, 2.45) is 0 Å². The van der Waals surface area contributed by atoms with Crippen LogP contribution in [0.15, 0.2) is 10.7 Å². The summed E-state index contributed by atoms with van der Waals surface area (Å²) in [5.74, 6) is 0.691. The van der Waals surface area contributed by atoms with Crippen LogP contribution >= 0.6 is 15.9 Å². The number of carbonyl (C=O) groups is 2.